The lowest BCUT2D eigenvalue weighted by Gasteiger charge is -2.18. The molecule has 2 aromatic rings. The second kappa shape index (κ2) is 6.50. The largest absolute Gasteiger partial charge is 0.383 e. The lowest BCUT2D eigenvalue weighted by Crippen LogP contribution is -2.44. The van der Waals surface area contributed by atoms with Crippen LogP contribution in [0.25, 0.3) is 10.8 Å². The van der Waals surface area contributed by atoms with E-state index in [2.05, 4.69) is 29.6 Å². The van der Waals surface area contributed by atoms with Gasteiger partial charge in [0.2, 0.25) is 5.91 Å². The van der Waals surface area contributed by atoms with Crippen molar-refractivity contribution in [1.29, 1.82) is 0 Å². The number of ether oxygens (including phenoxy) is 1. The zero-order chi connectivity index (χ0) is 14.5. The molecule has 0 aromatic heterocycles. The van der Waals surface area contributed by atoms with E-state index in [0.29, 0.717) is 0 Å². The van der Waals surface area contributed by atoms with Crippen LogP contribution in [-0.4, -0.2) is 25.7 Å². The third-order valence-corrected chi connectivity index (χ3v) is 3.32. The highest BCUT2D eigenvalue weighted by Crippen LogP contribution is 2.20. The smallest absolute Gasteiger partial charge is 0.239 e. The summed E-state index contributed by atoms with van der Waals surface area (Å²) in [5, 5.41) is 5.25. The second-order valence-electron chi connectivity index (χ2n) is 4.90. The maximum absolute atomic E-state index is 11.9. The number of nitrogens with one attached hydrogen (secondary N) is 1. The average molecular weight is 272 g/mol. The van der Waals surface area contributed by atoms with Crippen LogP contribution in [0.4, 0.5) is 0 Å². The van der Waals surface area contributed by atoms with Crippen LogP contribution in [0.2, 0.25) is 0 Å². The van der Waals surface area contributed by atoms with Crippen molar-refractivity contribution in [2.75, 3.05) is 13.7 Å². The second-order valence-corrected chi connectivity index (χ2v) is 4.90. The molecule has 106 valence electrons. The molecule has 0 aliphatic rings. The summed E-state index contributed by atoms with van der Waals surface area (Å²) in [6.45, 7) is 2.16. The van der Waals surface area contributed by atoms with E-state index in [1.807, 2.05) is 25.1 Å². The Morgan fingerprint density at radius 1 is 1.25 bits per heavy atom. The predicted octanol–water partition coefficient (Wildman–Crippen LogP) is 1.99. The molecule has 3 N–H and O–H groups in total. The Bertz CT molecular complexity index is 598. The third-order valence-electron chi connectivity index (χ3n) is 3.32. The first-order valence-electron chi connectivity index (χ1n) is 6.65. The molecule has 0 fully saturated rings. The van der Waals surface area contributed by atoms with Crippen molar-refractivity contribution in [2.24, 2.45) is 5.73 Å². The van der Waals surface area contributed by atoms with Crippen LogP contribution in [0.15, 0.2) is 42.5 Å². The van der Waals surface area contributed by atoms with Crippen LogP contribution in [0.5, 0.6) is 0 Å². The Kier molecular flexibility index (Phi) is 4.71. The zero-order valence-electron chi connectivity index (χ0n) is 11.8. The van der Waals surface area contributed by atoms with Gasteiger partial charge in [-0.25, -0.2) is 0 Å². The van der Waals surface area contributed by atoms with Crippen molar-refractivity contribution in [1.82, 2.24) is 5.32 Å². The molecule has 2 aromatic carbocycles. The maximum atomic E-state index is 11.9. The molecule has 4 nitrogen and oxygen atoms in total. The van der Waals surface area contributed by atoms with E-state index in [-0.39, 0.29) is 18.6 Å². The van der Waals surface area contributed by atoms with Gasteiger partial charge in [-0.2, -0.15) is 0 Å². The minimum absolute atomic E-state index is 0.0880. The molecule has 0 heterocycles. The Morgan fingerprint density at radius 2 is 1.95 bits per heavy atom. The number of hydrogen-bond acceptors (Lipinski definition) is 3. The molecule has 2 atom stereocenters. The predicted molar refractivity (Wildman–Crippen MR) is 80.4 cm³/mol. The number of methoxy groups -OCH3 is 1. The van der Waals surface area contributed by atoms with Crippen LogP contribution in [-0.2, 0) is 9.53 Å². The van der Waals surface area contributed by atoms with Gasteiger partial charge in [-0.3, -0.25) is 4.79 Å². The summed E-state index contributed by atoms with van der Waals surface area (Å²) in [6.07, 6.45) is 0. The fourth-order valence-corrected chi connectivity index (χ4v) is 2.14. The Hall–Kier alpha value is -1.91. The fourth-order valence-electron chi connectivity index (χ4n) is 2.14. The van der Waals surface area contributed by atoms with Gasteiger partial charge < -0.3 is 15.8 Å². The Labute approximate surface area is 118 Å². The fraction of sp³-hybridized carbons (Fsp3) is 0.312. The van der Waals surface area contributed by atoms with Gasteiger partial charge in [-0.15, -0.1) is 0 Å². The SMILES string of the molecule is COCC(N)C(=O)NC(C)c1ccc2ccccc2c1. The number of rotatable bonds is 5. The average Bonchev–Trinajstić information content (AvgIpc) is 2.46. The van der Waals surface area contributed by atoms with Crippen LogP contribution < -0.4 is 11.1 Å². The summed E-state index contributed by atoms with van der Waals surface area (Å²) in [6, 6.07) is 13.6. The molecule has 2 rings (SSSR count). The van der Waals surface area contributed by atoms with E-state index >= 15 is 0 Å². The van der Waals surface area contributed by atoms with Crippen molar-refractivity contribution in [2.45, 2.75) is 19.0 Å². The lowest BCUT2D eigenvalue weighted by atomic mass is 10.0. The van der Waals surface area contributed by atoms with Gasteiger partial charge >= 0.3 is 0 Å². The van der Waals surface area contributed by atoms with Gasteiger partial charge in [0.1, 0.15) is 6.04 Å². The quantitative estimate of drug-likeness (QED) is 0.875. The van der Waals surface area contributed by atoms with Gasteiger partial charge in [0.05, 0.1) is 12.6 Å². The van der Waals surface area contributed by atoms with Gasteiger partial charge in [0.25, 0.3) is 0 Å². The summed E-state index contributed by atoms with van der Waals surface area (Å²) < 4.78 is 4.88. The van der Waals surface area contributed by atoms with Crippen LogP contribution in [0.3, 0.4) is 0 Å². The molecule has 0 bridgehead atoms. The van der Waals surface area contributed by atoms with E-state index in [9.17, 15) is 4.79 Å². The molecule has 20 heavy (non-hydrogen) atoms. The standard InChI is InChI=1S/C16H20N2O2/c1-11(18-16(19)15(17)10-20-2)13-8-7-12-5-3-4-6-14(12)9-13/h3-9,11,15H,10,17H2,1-2H3,(H,18,19). The highest BCUT2D eigenvalue weighted by Gasteiger charge is 2.16. The number of amides is 1. The number of nitrogens with two attached hydrogens (primary N) is 1. The summed E-state index contributed by atoms with van der Waals surface area (Å²) in [4.78, 5) is 11.9. The van der Waals surface area contributed by atoms with Crippen molar-refractivity contribution in [3.63, 3.8) is 0 Å². The minimum atomic E-state index is -0.636. The molecule has 0 saturated carbocycles. The van der Waals surface area contributed by atoms with E-state index in [1.54, 1.807) is 0 Å². The van der Waals surface area contributed by atoms with E-state index in [1.165, 1.54) is 12.5 Å². The Balaban J connectivity index is 2.11. The van der Waals surface area contributed by atoms with Crippen LogP contribution >= 0.6 is 0 Å². The minimum Gasteiger partial charge on any atom is -0.383 e. The van der Waals surface area contributed by atoms with Crippen molar-refractivity contribution >= 4 is 16.7 Å². The highest BCUT2D eigenvalue weighted by atomic mass is 16.5. The molecule has 1 amide bonds. The number of hydrogen-bond donors (Lipinski definition) is 2. The van der Waals surface area contributed by atoms with Gasteiger partial charge in [0, 0.05) is 7.11 Å². The van der Waals surface area contributed by atoms with E-state index in [4.69, 9.17) is 10.5 Å². The topological polar surface area (TPSA) is 64.3 Å². The summed E-state index contributed by atoms with van der Waals surface area (Å²) >= 11 is 0. The van der Waals surface area contributed by atoms with Crippen molar-refractivity contribution < 1.29 is 9.53 Å². The first-order valence-corrected chi connectivity index (χ1v) is 6.65. The van der Waals surface area contributed by atoms with Crippen molar-refractivity contribution in [3.8, 4) is 0 Å². The number of carbonyl (C=O) groups is 1. The van der Waals surface area contributed by atoms with Crippen molar-refractivity contribution in [3.05, 3.63) is 48.0 Å². The maximum Gasteiger partial charge on any atom is 0.239 e. The molecule has 0 saturated heterocycles. The summed E-state index contributed by atoms with van der Waals surface area (Å²) in [5.74, 6) is -0.201. The van der Waals surface area contributed by atoms with Crippen LogP contribution in [0.1, 0.15) is 18.5 Å². The molecular weight excluding hydrogens is 252 g/mol. The van der Waals surface area contributed by atoms with Gasteiger partial charge in [-0.05, 0) is 29.3 Å². The summed E-state index contributed by atoms with van der Waals surface area (Å²) in [5.41, 5.74) is 6.76. The molecule has 0 aliphatic heterocycles. The molecule has 2 unspecified atom stereocenters. The number of carbonyl (C=O) groups excluding carboxylic acids is 1. The first kappa shape index (κ1) is 14.5. The molecular formula is C16H20N2O2. The van der Waals surface area contributed by atoms with E-state index < -0.39 is 6.04 Å². The number of fused-ring (bicyclic) bond motifs is 1. The monoisotopic (exact) mass is 272 g/mol. The molecule has 0 spiro atoms. The first-order chi connectivity index (χ1) is 9.61. The highest BCUT2D eigenvalue weighted by molar-refractivity contribution is 5.84. The lowest BCUT2D eigenvalue weighted by molar-refractivity contribution is -0.124. The van der Waals surface area contributed by atoms with Gasteiger partial charge in [-0.1, -0.05) is 36.4 Å². The zero-order valence-corrected chi connectivity index (χ0v) is 11.8. The number of benzene rings is 2. The molecule has 0 radical (unpaired) electrons. The summed E-state index contributed by atoms with van der Waals surface area (Å²) in [7, 11) is 1.53. The van der Waals surface area contributed by atoms with E-state index in [0.717, 1.165) is 10.9 Å². The third kappa shape index (κ3) is 3.35. The Morgan fingerprint density at radius 3 is 2.65 bits per heavy atom. The molecule has 4 heteroatoms. The van der Waals surface area contributed by atoms with Crippen LogP contribution in [0, 0.1) is 0 Å². The normalized spacial score (nSPS) is 13.9. The molecule has 0 aliphatic carbocycles. The van der Waals surface area contributed by atoms with Gasteiger partial charge in [0.15, 0.2) is 0 Å².